The van der Waals surface area contributed by atoms with E-state index in [1.807, 2.05) is 0 Å². The minimum Gasteiger partial charge on any atom is -0.380 e. The summed E-state index contributed by atoms with van der Waals surface area (Å²) in [5.74, 6) is 0.505. The fraction of sp³-hybridized carbons (Fsp3) is 0.273. The van der Waals surface area contributed by atoms with Crippen LogP contribution in [-0.2, 0) is 0 Å². The van der Waals surface area contributed by atoms with E-state index in [0.29, 0.717) is 5.92 Å². The Labute approximate surface area is 73.4 Å². The van der Waals surface area contributed by atoms with Crippen LogP contribution in [0.15, 0.2) is 47.7 Å². The lowest BCUT2D eigenvalue weighted by atomic mass is 9.95. The minimum atomic E-state index is 0.505. The Balaban J connectivity index is 2.27. The van der Waals surface area contributed by atoms with Gasteiger partial charge in [-0.1, -0.05) is 30.4 Å². The molecule has 1 atom stereocenters. The number of rotatable bonds is 1. The second kappa shape index (κ2) is 2.67. The lowest BCUT2D eigenvalue weighted by molar-refractivity contribution is 0.476. The van der Waals surface area contributed by atoms with Crippen LogP contribution in [0.3, 0.4) is 0 Å². The van der Waals surface area contributed by atoms with Crippen LogP contribution < -0.4 is 0 Å². The van der Waals surface area contributed by atoms with Crippen molar-refractivity contribution in [2.24, 2.45) is 5.92 Å². The van der Waals surface area contributed by atoms with Gasteiger partial charge in [0, 0.05) is 25.7 Å². The van der Waals surface area contributed by atoms with Crippen molar-refractivity contribution in [1.29, 1.82) is 0 Å². The van der Waals surface area contributed by atoms with Crippen LogP contribution in [-0.4, -0.2) is 19.0 Å². The van der Waals surface area contributed by atoms with Crippen molar-refractivity contribution in [3.8, 4) is 0 Å². The van der Waals surface area contributed by atoms with Crippen LogP contribution in [0.4, 0.5) is 0 Å². The van der Waals surface area contributed by atoms with Gasteiger partial charge in [-0.2, -0.15) is 0 Å². The molecule has 0 amide bonds. The summed E-state index contributed by atoms with van der Waals surface area (Å²) in [4.78, 5) is 2.18. The van der Waals surface area contributed by atoms with E-state index in [1.54, 1.807) is 0 Å². The lowest BCUT2D eigenvalue weighted by Crippen LogP contribution is -2.17. The van der Waals surface area contributed by atoms with E-state index in [0.717, 1.165) is 0 Å². The van der Waals surface area contributed by atoms with Gasteiger partial charge in [-0.15, -0.1) is 0 Å². The quantitative estimate of drug-likeness (QED) is 0.566. The summed E-state index contributed by atoms with van der Waals surface area (Å²) in [5, 5.41) is 0. The van der Waals surface area contributed by atoms with Gasteiger partial charge < -0.3 is 4.90 Å². The first-order valence-electron chi connectivity index (χ1n) is 4.23. The summed E-state index contributed by atoms with van der Waals surface area (Å²) in [6.07, 6.45) is 13.0. The van der Waals surface area contributed by atoms with E-state index in [4.69, 9.17) is 0 Å². The maximum atomic E-state index is 2.24. The molecule has 0 aromatic heterocycles. The summed E-state index contributed by atoms with van der Waals surface area (Å²) in [6.45, 7) is 0. The van der Waals surface area contributed by atoms with Crippen molar-refractivity contribution >= 4 is 0 Å². The minimum absolute atomic E-state index is 0.505. The summed E-state index contributed by atoms with van der Waals surface area (Å²) >= 11 is 0. The molecule has 2 aliphatic rings. The highest BCUT2D eigenvalue weighted by molar-refractivity contribution is 5.46. The Morgan fingerprint density at radius 2 is 2.00 bits per heavy atom. The highest BCUT2D eigenvalue weighted by Crippen LogP contribution is 2.32. The Morgan fingerprint density at radius 1 is 1.17 bits per heavy atom. The first-order valence-corrected chi connectivity index (χ1v) is 4.23. The van der Waals surface area contributed by atoms with Crippen molar-refractivity contribution in [2.75, 3.05) is 14.1 Å². The molecule has 12 heavy (non-hydrogen) atoms. The van der Waals surface area contributed by atoms with E-state index in [-0.39, 0.29) is 0 Å². The molecule has 0 saturated carbocycles. The normalized spacial score (nSPS) is 25.0. The lowest BCUT2D eigenvalue weighted by Gasteiger charge is -2.22. The van der Waals surface area contributed by atoms with Crippen LogP contribution in [0.1, 0.15) is 0 Å². The van der Waals surface area contributed by atoms with Crippen LogP contribution in [0, 0.1) is 5.92 Å². The highest BCUT2D eigenvalue weighted by Gasteiger charge is 2.20. The molecule has 0 saturated heterocycles. The summed E-state index contributed by atoms with van der Waals surface area (Å²) < 4.78 is 0. The monoisotopic (exact) mass is 159 g/mol. The van der Waals surface area contributed by atoms with Crippen LogP contribution >= 0.6 is 0 Å². The molecule has 2 aliphatic carbocycles. The van der Waals surface area contributed by atoms with Crippen molar-refractivity contribution in [3.63, 3.8) is 0 Å². The van der Waals surface area contributed by atoms with Crippen molar-refractivity contribution in [1.82, 2.24) is 4.90 Å². The summed E-state index contributed by atoms with van der Waals surface area (Å²) in [5.41, 5.74) is 2.78. The topological polar surface area (TPSA) is 3.24 Å². The molecular formula is C11H13N. The van der Waals surface area contributed by atoms with Crippen molar-refractivity contribution in [2.45, 2.75) is 0 Å². The van der Waals surface area contributed by atoms with Gasteiger partial charge in [0.05, 0.1) is 0 Å². The largest absolute Gasteiger partial charge is 0.380 e. The Hall–Kier alpha value is -1.24. The van der Waals surface area contributed by atoms with E-state index >= 15 is 0 Å². The second-order valence-corrected chi connectivity index (χ2v) is 3.37. The maximum absolute atomic E-state index is 2.24. The van der Waals surface area contributed by atoms with Crippen LogP contribution in [0.5, 0.6) is 0 Å². The number of allylic oxidation sites excluding steroid dienone is 6. The molecule has 2 rings (SSSR count). The standard InChI is InChI=1S/C11H13N/c1-12(2)11-8-7-9-5-3-4-6-10(9)11/h3-8,10H,1-2H3. The van der Waals surface area contributed by atoms with E-state index in [9.17, 15) is 0 Å². The highest BCUT2D eigenvalue weighted by atomic mass is 15.1. The molecule has 0 spiro atoms. The van der Waals surface area contributed by atoms with Gasteiger partial charge in [0.25, 0.3) is 0 Å². The second-order valence-electron chi connectivity index (χ2n) is 3.37. The fourth-order valence-electron chi connectivity index (χ4n) is 1.70. The average molecular weight is 159 g/mol. The zero-order chi connectivity index (χ0) is 8.55. The van der Waals surface area contributed by atoms with Gasteiger partial charge in [-0.25, -0.2) is 0 Å². The molecule has 0 fully saturated rings. The molecule has 62 valence electrons. The third-order valence-corrected chi connectivity index (χ3v) is 2.34. The zero-order valence-electron chi connectivity index (χ0n) is 7.49. The Morgan fingerprint density at radius 3 is 2.75 bits per heavy atom. The number of hydrogen-bond acceptors (Lipinski definition) is 1. The first-order chi connectivity index (χ1) is 5.79. The molecule has 0 radical (unpaired) electrons. The SMILES string of the molecule is CN(C)C1=CC=C2C=CC=CC21. The molecule has 0 heterocycles. The Bertz CT molecular complexity index is 303. The smallest absolute Gasteiger partial charge is 0.0422 e. The molecule has 0 bridgehead atoms. The molecule has 0 aromatic carbocycles. The molecule has 1 nitrogen and oxygen atoms in total. The Kier molecular flexibility index (Phi) is 1.65. The molecule has 0 aliphatic heterocycles. The predicted octanol–water partition coefficient (Wildman–Crippen LogP) is 2.11. The zero-order valence-corrected chi connectivity index (χ0v) is 7.49. The molecule has 1 heteroatoms. The van der Waals surface area contributed by atoms with E-state index < -0.39 is 0 Å². The maximum Gasteiger partial charge on any atom is 0.0422 e. The van der Waals surface area contributed by atoms with Gasteiger partial charge in [-0.05, 0) is 11.6 Å². The van der Waals surface area contributed by atoms with Crippen molar-refractivity contribution in [3.05, 3.63) is 47.7 Å². The third-order valence-electron chi connectivity index (χ3n) is 2.34. The third kappa shape index (κ3) is 1.02. The average Bonchev–Trinajstić information content (AvgIpc) is 2.47. The fourth-order valence-corrected chi connectivity index (χ4v) is 1.70. The number of nitrogens with zero attached hydrogens (tertiary/aromatic N) is 1. The first kappa shape index (κ1) is 7.41. The number of fused-ring (bicyclic) bond motifs is 1. The van der Waals surface area contributed by atoms with E-state index in [1.165, 1.54) is 11.3 Å². The number of hydrogen-bond donors (Lipinski definition) is 0. The predicted molar refractivity (Wildman–Crippen MR) is 51.6 cm³/mol. The molecular weight excluding hydrogens is 146 g/mol. The van der Waals surface area contributed by atoms with Gasteiger partial charge in [-0.3, -0.25) is 0 Å². The van der Waals surface area contributed by atoms with Gasteiger partial charge in [0.15, 0.2) is 0 Å². The molecule has 1 unspecified atom stereocenters. The van der Waals surface area contributed by atoms with Crippen LogP contribution in [0.25, 0.3) is 0 Å². The van der Waals surface area contributed by atoms with Crippen molar-refractivity contribution < 1.29 is 0 Å². The summed E-state index contributed by atoms with van der Waals surface area (Å²) in [6, 6.07) is 0. The van der Waals surface area contributed by atoms with Gasteiger partial charge in [0.2, 0.25) is 0 Å². The van der Waals surface area contributed by atoms with E-state index in [2.05, 4.69) is 55.5 Å². The summed E-state index contributed by atoms with van der Waals surface area (Å²) in [7, 11) is 4.18. The molecule has 0 N–H and O–H groups in total. The van der Waals surface area contributed by atoms with Gasteiger partial charge >= 0.3 is 0 Å². The van der Waals surface area contributed by atoms with Crippen LogP contribution in [0.2, 0.25) is 0 Å². The molecule has 0 aromatic rings. The van der Waals surface area contributed by atoms with Gasteiger partial charge in [0.1, 0.15) is 0 Å².